The number of rotatable bonds is 4. The molecule has 44 heavy (non-hydrogen) atoms. The van der Waals surface area contributed by atoms with Gasteiger partial charge in [-0.15, -0.1) is 0 Å². The highest BCUT2D eigenvalue weighted by Gasteiger charge is 2.27. The van der Waals surface area contributed by atoms with Crippen molar-refractivity contribution in [2.75, 3.05) is 0 Å². The van der Waals surface area contributed by atoms with Crippen molar-refractivity contribution in [1.29, 1.82) is 0 Å². The second-order valence-corrected chi connectivity index (χ2v) is 11.1. The molecule has 1 aliphatic carbocycles. The van der Waals surface area contributed by atoms with Gasteiger partial charge in [0.25, 0.3) is 0 Å². The molecule has 1 aliphatic rings. The number of benzene rings is 5. The summed E-state index contributed by atoms with van der Waals surface area (Å²) in [5, 5.41) is 3.25. The molecule has 0 aliphatic heterocycles. The van der Waals surface area contributed by atoms with E-state index in [1.54, 1.807) is 0 Å². The first kappa shape index (κ1) is 24.8. The highest BCUT2D eigenvalue weighted by molar-refractivity contribution is 6.12. The molecule has 0 amide bonds. The van der Waals surface area contributed by atoms with E-state index < -0.39 is 0 Å². The van der Waals surface area contributed by atoms with E-state index in [-0.39, 0.29) is 0 Å². The van der Waals surface area contributed by atoms with Gasteiger partial charge in [0.05, 0.1) is 0 Å². The van der Waals surface area contributed by atoms with Gasteiger partial charge in [0.1, 0.15) is 22.5 Å². The van der Waals surface area contributed by atoms with Gasteiger partial charge < -0.3 is 8.83 Å². The summed E-state index contributed by atoms with van der Waals surface area (Å²) in [6.45, 7) is 0. The largest absolute Gasteiger partial charge is 0.460 e. The maximum Gasteiger partial charge on any atom is 0.164 e. The number of aryl methyl sites for hydroxylation is 1. The zero-order valence-electron chi connectivity index (χ0n) is 23.7. The Labute approximate surface area is 253 Å². The monoisotopic (exact) mass is 567 g/mol. The molecule has 5 heteroatoms. The maximum absolute atomic E-state index is 6.73. The van der Waals surface area contributed by atoms with E-state index >= 15 is 0 Å². The number of para-hydroxylation sites is 3. The van der Waals surface area contributed by atoms with Crippen LogP contribution in [-0.2, 0) is 6.42 Å². The lowest BCUT2D eigenvalue weighted by molar-refractivity contribution is 0.546. The molecule has 0 saturated heterocycles. The minimum Gasteiger partial charge on any atom is -0.460 e. The Balaban J connectivity index is 1.25. The molecule has 9 rings (SSSR count). The third-order valence-corrected chi connectivity index (χ3v) is 8.41. The summed E-state index contributed by atoms with van der Waals surface area (Å²) >= 11 is 0. The first-order chi connectivity index (χ1) is 21.8. The molecule has 0 spiro atoms. The van der Waals surface area contributed by atoms with Crippen LogP contribution in [0.2, 0.25) is 0 Å². The van der Waals surface area contributed by atoms with E-state index in [0.717, 1.165) is 84.9 Å². The number of fused-ring (bicyclic) bond motifs is 6. The average molecular weight is 568 g/mol. The molecule has 5 aromatic carbocycles. The number of aromatic nitrogens is 3. The SMILES string of the molecule is C1=C(c2nc(-c3ccccc3)nc(-c3ccccc3)n2)c2c(oc3c(-c4cccc5c4oc4ccccc45)cccc23)CC1. The van der Waals surface area contributed by atoms with E-state index in [0.29, 0.717) is 17.5 Å². The molecule has 0 atom stereocenters. The summed E-state index contributed by atoms with van der Waals surface area (Å²) in [7, 11) is 0. The average Bonchev–Trinajstić information content (AvgIpc) is 3.68. The van der Waals surface area contributed by atoms with Crippen LogP contribution >= 0.6 is 0 Å². The van der Waals surface area contributed by atoms with Crippen molar-refractivity contribution in [2.45, 2.75) is 12.8 Å². The van der Waals surface area contributed by atoms with Gasteiger partial charge in [-0.05, 0) is 12.5 Å². The van der Waals surface area contributed by atoms with Gasteiger partial charge >= 0.3 is 0 Å². The molecule has 208 valence electrons. The summed E-state index contributed by atoms with van der Waals surface area (Å²) in [6, 6.07) is 41.0. The van der Waals surface area contributed by atoms with Gasteiger partial charge in [-0.2, -0.15) is 0 Å². The first-order valence-electron chi connectivity index (χ1n) is 14.8. The van der Waals surface area contributed by atoms with Crippen LogP contribution in [0.15, 0.2) is 136 Å². The summed E-state index contributed by atoms with van der Waals surface area (Å²) in [5.74, 6) is 2.89. The van der Waals surface area contributed by atoms with Crippen molar-refractivity contribution in [2.24, 2.45) is 0 Å². The van der Waals surface area contributed by atoms with Crippen molar-refractivity contribution < 1.29 is 8.83 Å². The Kier molecular flexibility index (Phi) is 5.56. The summed E-state index contributed by atoms with van der Waals surface area (Å²) < 4.78 is 13.1. The van der Waals surface area contributed by atoms with Gasteiger partial charge in [-0.25, -0.2) is 15.0 Å². The Morgan fingerprint density at radius 2 is 1.05 bits per heavy atom. The molecule has 0 bridgehead atoms. The van der Waals surface area contributed by atoms with Crippen LogP contribution in [0.3, 0.4) is 0 Å². The van der Waals surface area contributed by atoms with Crippen LogP contribution in [-0.4, -0.2) is 15.0 Å². The van der Waals surface area contributed by atoms with Crippen LogP contribution < -0.4 is 0 Å². The minimum atomic E-state index is 0.645. The Morgan fingerprint density at radius 3 is 1.75 bits per heavy atom. The Bertz CT molecular complexity index is 2330. The second kappa shape index (κ2) is 9.89. The van der Waals surface area contributed by atoms with Gasteiger partial charge in [0.2, 0.25) is 0 Å². The van der Waals surface area contributed by atoms with Gasteiger partial charge in [-0.1, -0.05) is 121 Å². The highest BCUT2D eigenvalue weighted by Crippen LogP contribution is 2.44. The third-order valence-electron chi connectivity index (χ3n) is 8.41. The molecular formula is C39H25N3O2. The molecule has 0 fully saturated rings. The number of hydrogen-bond acceptors (Lipinski definition) is 5. The third kappa shape index (κ3) is 3.90. The minimum absolute atomic E-state index is 0.645. The van der Waals surface area contributed by atoms with Crippen molar-refractivity contribution in [3.05, 3.63) is 145 Å². The topological polar surface area (TPSA) is 65.0 Å². The summed E-state index contributed by atoms with van der Waals surface area (Å²) in [6.07, 6.45) is 3.89. The first-order valence-corrected chi connectivity index (χ1v) is 14.8. The molecule has 8 aromatic rings. The van der Waals surface area contributed by atoms with Crippen LogP contribution in [0.5, 0.6) is 0 Å². The number of furan rings is 2. The normalized spacial score (nSPS) is 13.0. The van der Waals surface area contributed by atoms with Crippen molar-refractivity contribution in [3.8, 4) is 33.9 Å². The Hall–Kier alpha value is -5.81. The van der Waals surface area contributed by atoms with E-state index in [2.05, 4.69) is 48.5 Å². The molecular weight excluding hydrogens is 542 g/mol. The van der Waals surface area contributed by atoms with E-state index in [9.17, 15) is 0 Å². The van der Waals surface area contributed by atoms with Crippen LogP contribution in [0.25, 0.3) is 72.4 Å². The molecule has 0 radical (unpaired) electrons. The van der Waals surface area contributed by atoms with E-state index in [1.807, 2.05) is 78.9 Å². The molecule has 3 heterocycles. The summed E-state index contributed by atoms with van der Waals surface area (Å²) in [4.78, 5) is 15.0. The Morgan fingerprint density at radius 1 is 0.477 bits per heavy atom. The van der Waals surface area contributed by atoms with Crippen molar-refractivity contribution in [1.82, 2.24) is 15.0 Å². The van der Waals surface area contributed by atoms with Gasteiger partial charge in [0, 0.05) is 56.0 Å². The fourth-order valence-corrected chi connectivity index (χ4v) is 6.39. The lowest BCUT2D eigenvalue weighted by atomic mass is 9.92. The van der Waals surface area contributed by atoms with E-state index in [1.165, 1.54) is 0 Å². The quantitative estimate of drug-likeness (QED) is 0.212. The molecule has 0 saturated carbocycles. The predicted molar refractivity (Wildman–Crippen MR) is 175 cm³/mol. The second-order valence-electron chi connectivity index (χ2n) is 11.1. The highest BCUT2D eigenvalue weighted by atomic mass is 16.3. The summed E-state index contributed by atoms with van der Waals surface area (Å²) in [5.41, 5.74) is 8.53. The van der Waals surface area contributed by atoms with Crippen LogP contribution in [0.4, 0.5) is 0 Å². The molecule has 0 unspecified atom stereocenters. The lowest BCUT2D eigenvalue weighted by Gasteiger charge is -2.14. The number of nitrogens with zero attached hydrogens (tertiary/aromatic N) is 3. The number of hydrogen-bond donors (Lipinski definition) is 0. The zero-order chi connectivity index (χ0) is 29.0. The fraction of sp³-hybridized carbons (Fsp3) is 0.0513. The molecule has 0 N–H and O–H groups in total. The maximum atomic E-state index is 6.73. The van der Waals surface area contributed by atoms with E-state index in [4.69, 9.17) is 23.8 Å². The van der Waals surface area contributed by atoms with Gasteiger partial charge in [-0.3, -0.25) is 0 Å². The van der Waals surface area contributed by atoms with Crippen LogP contribution in [0, 0.1) is 0 Å². The predicted octanol–water partition coefficient (Wildman–Crippen LogP) is 9.90. The van der Waals surface area contributed by atoms with Gasteiger partial charge in [0.15, 0.2) is 17.5 Å². The van der Waals surface area contributed by atoms with Crippen molar-refractivity contribution >= 4 is 38.5 Å². The zero-order valence-corrected chi connectivity index (χ0v) is 23.7. The smallest absolute Gasteiger partial charge is 0.164 e. The molecule has 5 nitrogen and oxygen atoms in total. The van der Waals surface area contributed by atoms with Crippen molar-refractivity contribution in [3.63, 3.8) is 0 Å². The lowest BCUT2D eigenvalue weighted by Crippen LogP contribution is -2.06. The standard InChI is InChI=1S/C39H25N3O2/c1-3-12-24(13-4-1)37-40-38(25-14-5-2-6-15-25)42-39(41-37)31-21-11-23-33-34(31)30-20-10-19-29(36(30)44-33)28-18-9-17-27-26-16-7-8-22-32(26)43-35(27)28/h1-10,12-22H,11,23H2. The number of allylic oxidation sites excluding steroid dienone is 1. The fourth-order valence-electron chi connectivity index (χ4n) is 6.39. The molecule has 3 aromatic heterocycles. The van der Waals surface area contributed by atoms with Crippen LogP contribution in [0.1, 0.15) is 23.6 Å².